The lowest BCUT2D eigenvalue weighted by molar-refractivity contribution is 0.304. The van der Waals surface area contributed by atoms with Crippen molar-refractivity contribution in [2.45, 2.75) is 6.61 Å². The summed E-state index contributed by atoms with van der Waals surface area (Å²) in [5.41, 5.74) is 3.38. The highest BCUT2D eigenvalue weighted by atomic mass is 35.5. The lowest BCUT2D eigenvalue weighted by Gasteiger charge is -2.14. The van der Waals surface area contributed by atoms with Crippen LogP contribution in [0.4, 0.5) is 0 Å². The Balaban J connectivity index is 1.65. The van der Waals surface area contributed by atoms with Crippen molar-refractivity contribution in [2.75, 3.05) is 7.11 Å². The quantitative estimate of drug-likeness (QED) is 0.366. The third-order valence-electron chi connectivity index (χ3n) is 4.78. The minimum absolute atomic E-state index is 0.0256. The molecule has 1 aromatic heterocycles. The minimum atomic E-state index is 0.0256. The molecule has 0 saturated heterocycles. The lowest BCUT2D eigenvalue weighted by atomic mass is 9.99. The van der Waals surface area contributed by atoms with Crippen molar-refractivity contribution in [3.63, 3.8) is 0 Å². The predicted octanol–water partition coefficient (Wildman–Crippen LogP) is 6.41. The molecule has 0 spiro atoms. The molecule has 5 nitrogen and oxygen atoms in total. The van der Waals surface area contributed by atoms with Crippen molar-refractivity contribution in [3.05, 3.63) is 88.8 Å². The van der Waals surface area contributed by atoms with Crippen LogP contribution in [0.5, 0.6) is 17.2 Å². The summed E-state index contributed by atoms with van der Waals surface area (Å²) in [6.45, 7) is 0.178. The Hall–Kier alpha value is -3.28. The first kappa shape index (κ1) is 21.0. The molecule has 4 aromatic rings. The van der Waals surface area contributed by atoms with E-state index in [0.29, 0.717) is 38.4 Å². The second-order valence-electron chi connectivity index (χ2n) is 6.65. The largest absolute Gasteiger partial charge is 0.507 e. The molecular weight excluding hydrogens is 435 g/mol. The molecule has 0 atom stereocenters. The van der Waals surface area contributed by atoms with Crippen LogP contribution in [0.2, 0.25) is 10.0 Å². The second kappa shape index (κ2) is 9.25. The molecule has 1 N–H and O–H groups in total. The molecule has 0 aliphatic carbocycles. The fraction of sp³-hybridized carbons (Fsp3) is 0.0833. The summed E-state index contributed by atoms with van der Waals surface area (Å²) in [4.78, 5) is 8.56. The molecule has 0 bridgehead atoms. The van der Waals surface area contributed by atoms with Crippen molar-refractivity contribution in [1.29, 1.82) is 0 Å². The summed E-state index contributed by atoms with van der Waals surface area (Å²) in [6.07, 6.45) is 3.14. The van der Waals surface area contributed by atoms with Crippen LogP contribution in [0.1, 0.15) is 5.56 Å². The van der Waals surface area contributed by atoms with Gasteiger partial charge in [0.25, 0.3) is 0 Å². The average molecular weight is 453 g/mol. The van der Waals surface area contributed by atoms with Gasteiger partial charge in [0.15, 0.2) is 0 Å². The Morgan fingerprint density at radius 1 is 0.903 bits per heavy atom. The zero-order chi connectivity index (χ0) is 21.8. The third kappa shape index (κ3) is 4.43. The van der Waals surface area contributed by atoms with Crippen LogP contribution in [0.3, 0.4) is 0 Å². The van der Waals surface area contributed by atoms with Crippen molar-refractivity contribution in [1.82, 2.24) is 9.97 Å². The SMILES string of the molecule is COc1ccccc1-c1cncnc1-c1ccc(OCc2c(Cl)cccc2Cl)cc1O. The summed E-state index contributed by atoms with van der Waals surface area (Å²) in [5, 5.41) is 11.8. The Labute approximate surface area is 189 Å². The van der Waals surface area contributed by atoms with Gasteiger partial charge in [-0.3, -0.25) is 0 Å². The fourth-order valence-corrected chi connectivity index (χ4v) is 3.74. The average Bonchev–Trinajstić information content (AvgIpc) is 2.79. The molecule has 0 aliphatic rings. The van der Waals surface area contributed by atoms with Crippen LogP contribution in [0, 0.1) is 0 Å². The van der Waals surface area contributed by atoms with E-state index in [2.05, 4.69) is 9.97 Å². The van der Waals surface area contributed by atoms with E-state index in [1.807, 2.05) is 24.3 Å². The van der Waals surface area contributed by atoms with Gasteiger partial charge in [-0.2, -0.15) is 0 Å². The highest BCUT2D eigenvalue weighted by Gasteiger charge is 2.16. The number of hydrogen-bond acceptors (Lipinski definition) is 5. The first-order chi connectivity index (χ1) is 15.1. The summed E-state index contributed by atoms with van der Waals surface area (Å²) < 4.78 is 11.3. The van der Waals surface area contributed by atoms with Gasteiger partial charge >= 0.3 is 0 Å². The molecule has 156 valence electrons. The minimum Gasteiger partial charge on any atom is -0.507 e. The van der Waals surface area contributed by atoms with E-state index in [1.165, 1.54) is 12.4 Å². The molecular formula is C24H18Cl2N2O3. The highest BCUT2D eigenvalue weighted by molar-refractivity contribution is 6.35. The first-order valence-electron chi connectivity index (χ1n) is 9.41. The molecule has 0 unspecified atom stereocenters. The van der Waals surface area contributed by atoms with E-state index in [-0.39, 0.29) is 12.4 Å². The topological polar surface area (TPSA) is 64.5 Å². The Kier molecular flexibility index (Phi) is 6.26. The van der Waals surface area contributed by atoms with Gasteiger partial charge in [0.05, 0.1) is 12.8 Å². The monoisotopic (exact) mass is 452 g/mol. The normalized spacial score (nSPS) is 10.7. The summed E-state index contributed by atoms with van der Waals surface area (Å²) in [6, 6.07) is 17.9. The van der Waals surface area contributed by atoms with Crippen LogP contribution in [-0.2, 0) is 6.61 Å². The molecule has 31 heavy (non-hydrogen) atoms. The smallest absolute Gasteiger partial charge is 0.128 e. The standard InChI is InChI=1S/C24H18Cl2N2O3/c1-30-23-8-3-2-5-16(23)18-12-27-14-28-24(18)17-10-9-15(11-22(17)29)31-13-19-20(25)6-4-7-21(19)26/h2-12,14,29H,13H2,1H3. The van der Waals surface area contributed by atoms with Gasteiger partial charge in [0.1, 0.15) is 30.2 Å². The van der Waals surface area contributed by atoms with Crippen molar-refractivity contribution < 1.29 is 14.6 Å². The number of para-hydroxylation sites is 1. The van der Waals surface area contributed by atoms with Crippen LogP contribution in [0.25, 0.3) is 22.4 Å². The number of methoxy groups -OCH3 is 1. The molecule has 3 aromatic carbocycles. The summed E-state index contributed by atoms with van der Waals surface area (Å²) >= 11 is 12.4. The number of benzene rings is 3. The Bertz CT molecular complexity index is 1210. The third-order valence-corrected chi connectivity index (χ3v) is 5.49. The van der Waals surface area contributed by atoms with Gasteiger partial charge in [-0.05, 0) is 30.3 Å². The molecule has 0 aliphatic heterocycles. The number of nitrogens with zero attached hydrogens (tertiary/aromatic N) is 2. The van der Waals surface area contributed by atoms with Gasteiger partial charge in [0.2, 0.25) is 0 Å². The van der Waals surface area contributed by atoms with Crippen LogP contribution < -0.4 is 9.47 Å². The number of phenols is 1. The van der Waals surface area contributed by atoms with E-state index < -0.39 is 0 Å². The molecule has 7 heteroatoms. The number of aromatic nitrogens is 2. The van der Waals surface area contributed by atoms with Crippen molar-refractivity contribution >= 4 is 23.2 Å². The van der Waals surface area contributed by atoms with E-state index in [1.54, 1.807) is 43.6 Å². The van der Waals surface area contributed by atoms with Crippen LogP contribution in [-0.4, -0.2) is 22.2 Å². The lowest BCUT2D eigenvalue weighted by Crippen LogP contribution is -1.98. The maximum Gasteiger partial charge on any atom is 0.128 e. The van der Waals surface area contributed by atoms with Gasteiger partial charge in [-0.15, -0.1) is 0 Å². The summed E-state index contributed by atoms with van der Waals surface area (Å²) in [7, 11) is 1.61. The molecule has 1 heterocycles. The van der Waals surface area contributed by atoms with Crippen molar-refractivity contribution in [2.24, 2.45) is 0 Å². The molecule has 0 fully saturated rings. The zero-order valence-corrected chi connectivity index (χ0v) is 18.1. The summed E-state index contributed by atoms with van der Waals surface area (Å²) in [5.74, 6) is 1.19. The fourth-order valence-electron chi connectivity index (χ4n) is 3.24. The van der Waals surface area contributed by atoms with Gasteiger partial charge < -0.3 is 14.6 Å². The number of halogens is 2. The van der Waals surface area contributed by atoms with E-state index in [4.69, 9.17) is 32.7 Å². The first-order valence-corrected chi connectivity index (χ1v) is 10.2. The number of rotatable bonds is 6. The van der Waals surface area contributed by atoms with Gasteiger partial charge in [0, 0.05) is 44.6 Å². The molecule has 0 saturated carbocycles. The van der Waals surface area contributed by atoms with E-state index >= 15 is 0 Å². The van der Waals surface area contributed by atoms with Crippen molar-refractivity contribution in [3.8, 4) is 39.6 Å². The maximum atomic E-state index is 10.7. The van der Waals surface area contributed by atoms with Crippen LogP contribution in [0.15, 0.2) is 73.2 Å². The highest BCUT2D eigenvalue weighted by Crippen LogP contribution is 2.39. The predicted molar refractivity (Wildman–Crippen MR) is 122 cm³/mol. The maximum absolute atomic E-state index is 10.7. The van der Waals surface area contributed by atoms with E-state index in [0.717, 1.165) is 11.1 Å². The van der Waals surface area contributed by atoms with Gasteiger partial charge in [-0.1, -0.05) is 47.5 Å². The van der Waals surface area contributed by atoms with E-state index in [9.17, 15) is 5.11 Å². The number of ether oxygens (including phenoxy) is 2. The van der Waals surface area contributed by atoms with Gasteiger partial charge in [-0.25, -0.2) is 9.97 Å². The Morgan fingerprint density at radius 2 is 1.68 bits per heavy atom. The molecule has 0 amide bonds. The number of aromatic hydroxyl groups is 1. The Morgan fingerprint density at radius 3 is 2.42 bits per heavy atom. The molecule has 4 rings (SSSR count). The second-order valence-corrected chi connectivity index (χ2v) is 7.47. The van der Waals surface area contributed by atoms with Crippen LogP contribution >= 0.6 is 23.2 Å². The number of hydrogen-bond donors (Lipinski definition) is 1. The molecule has 0 radical (unpaired) electrons. The zero-order valence-electron chi connectivity index (χ0n) is 16.5. The number of phenolic OH excluding ortho intramolecular Hbond substituents is 1.